The van der Waals surface area contributed by atoms with Gasteiger partial charge in [0.25, 0.3) is 5.91 Å². The van der Waals surface area contributed by atoms with Gasteiger partial charge in [-0.2, -0.15) is 0 Å². The average Bonchev–Trinajstić information content (AvgIpc) is 2.94. The maximum atomic E-state index is 13.3. The number of aliphatic carboxylic acids is 1. The Labute approximate surface area is 247 Å². The first kappa shape index (κ1) is 33.7. The predicted molar refractivity (Wildman–Crippen MR) is 173 cm³/mol. The van der Waals surface area contributed by atoms with Gasteiger partial charge in [0.05, 0.1) is 10.3 Å². The Kier molecular flexibility index (Phi) is 13.0. The number of carbonyl (C=O) groups excluding carboxylic acids is 1. The number of amides is 1. The Morgan fingerprint density at radius 3 is 2.12 bits per heavy atom. The van der Waals surface area contributed by atoms with E-state index in [9.17, 15) is 14.7 Å². The Morgan fingerprint density at radius 1 is 0.975 bits per heavy atom. The molecule has 1 saturated carbocycles. The van der Waals surface area contributed by atoms with E-state index in [4.69, 9.17) is 0 Å². The fourth-order valence-corrected chi connectivity index (χ4v) is 6.56. The summed E-state index contributed by atoms with van der Waals surface area (Å²) in [4.78, 5) is 28.3. The molecule has 2 aliphatic rings. The highest BCUT2D eigenvalue weighted by Gasteiger charge is 2.45. The van der Waals surface area contributed by atoms with Crippen LogP contribution in [0.1, 0.15) is 98.1 Å². The van der Waals surface area contributed by atoms with Gasteiger partial charge in [0, 0.05) is 23.9 Å². The topological polar surface area (TPSA) is 57.6 Å². The van der Waals surface area contributed by atoms with Crippen molar-refractivity contribution in [3.63, 3.8) is 0 Å². The zero-order chi connectivity index (χ0) is 30.0. The van der Waals surface area contributed by atoms with Gasteiger partial charge in [-0.25, -0.2) is 0 Å². The van der Waals surface area contributed by atoms with Crippen LogP contribution in [0.3, 0.4) is 0 Å². The second-order valence-electron chi connectivity index (χ2n) is 11.3. The van der Waals surface area contributed by atoms with Gasteiger partial charge in [-0.15, -0.1) is 0 Å². The Hall–Kier alpha value is -2.53. The summed E-state index contributed by atoms with van der Waals surface area (Å²) in [6, 6.07) is 12.9. The molecule has 220 valence electrons. The molecule has 1 heterocycles. The van der Waals surface area contributed by atoms with Crippen molar-refractivity contribution in [1.82, 2.24) is 4.90 Å². The molecule has 1 amide bonds. The molecule has 0 unspecified atom stereocenters. The van der Waals surface area contributed by atoms with E-state index in [1.54, 1.807) is 18.7 Å². The first-order chi connectivity index (χ1) is 19.1. The van der Waals surface area contributed by atoms with Crippen molar-refractivity contribution in [1.29, 1.82) is 0 Å². The largest absolute Gasteiger partial charge is 0.481 e. The summed E-state index contributed by atoms with van der Waals surface area (Å²) in [5, 5.41) is 12.0. The van der Waals surface area contributed by atoms with Crippen LogP contribution >= 0.6 is 11.8 Å². The highest BCUT2D eigenvalue weighted by Crippen LogP contribution is 2.44. The van der Waals surface area contributed by atoms with Gasteiger partial charge in [-0.1, -0.05) is 120 Å². The molecular formula is C35H51NO3S. The minimum atomic E-state index is -0.840. The number of rotatable bonds is 8. The van der Waals surface area contributed by atoms with E-state index in [0.717, 1.165) is 16.9 Å². The molecule has 0 radical (unpaired) electrons. The van der Waals surface area contributed by atoms with E-state index in [2.05, 4.69) is 56.8 Å². The molecule has 1 N–H and O–H groups in total. The number of nitrogens with zero attached hydrogens (tertiary/aromatic N) is 1. The number of carbonyl (C=O) groups is 2. The smallest absolute Gasteiger partial charge is 0.309 e. The van der Waals surface area contributed by atoms with Gasteiger partial charge in [0.2, 0.25) is 0 Å². The lowest BCUT2D eigenvalue weighted by Gasteiger charge is -2.45. The van der Waals surface area contributed by atoms with Crippen molar-refractivity contribution < 1.29 is 14.7 Å². The summed E-state index contributed by atoms with van der Waals surface area (Å²) in [6.07, 6.45) is 7.55. The SMILES string of the molecule is C=C(S/C(=C(\C)CC1CCCCC1)c1ccc(C)c2ccccc12)C(=O)N1CC(C(C)(C)C(=O)O)C1.CC.CC. The van der Waals surface area contributed by atoms with Crippen LogP contribution < -0.4 is 0 Å². The van der Waals surface area contributed by atoms with Crippen LogP contribution in [-0.4, -0.2) is 35.0 Å². The number of carboxylic acid groups (broad SMARTS) is 1. The summed E-state index contributed by atoms with van der Waals surface area (Å²) >= 11 is 1.49. The molecule has 1 aliphatic heterocycles. The summed E-state index contributed by atoms with van der Waals surface area (Å²) in [7, 11) is 0. The van der Waals surface area contributed by atoms with Crippen LogP contribution in [0, 0.1) is 24.2 Å². The molecule has 4 rings (SSSR count). The number of fused-ring (bicyclic) bond motifs is 1. The zero-order valence-corrected chi connectivity index (χ0v) is 26.9. The third-order valence-electron chi connectivity index (χ3n) is 8.30. The number of hydrogen-bond acceptors (Lipinski definition) is 3. The lowest BCUT2D eigenvalue weighted by Crippen LogP contribution is -2.57. The van der Waals surface area contributed by atoms with Crippen LogP contribution in [0.25, 0.3) is 15.7 Å². The monoisotopic (exact) mass is 565 g/mol. The van der Waals surface area contributed by atoms with E-state index < -0.39 is 11.4 Å². The second-order valence-corrected chi connectivity index (χ2v) is 12.4. The lowest BCUT2D eigenvalue weighted by molar-refractivity contribution is -0.157. The third kappa shape index (κ3) is 7.81. The maximum Gasteiger partial charge on any atom is 0.309 e. The predicted octanol–water partition coefficient (Wildman–Crippen LogP) is 9.72. The van der Waals surface area contributed by atoms with Gasteiger partial charge >= 0.3 is 5.97 Å². The minimum absolute atomic E-state index is 0.0409. The van der Waals surface area contributed by atoms with Crippen molar-refractivity contribution in [2.45, 2.75) is 93.9 Å². The molecule has 40 heavy (non-hydrogen) atoms. The molecule has 1 saturated heterocycles. The van der Waals surface area contributed by atoms with E-state index in [1.807, 2.05) is 27.7 Å². The van der Waals surface area contributed by atoms with Gasteiger partial charge in [-0.05, 0) is 61.9 Å². The summed E-state index contributed by atoms with van der Waals surface area (Å²) in [5.41, 5.74) is 2.89. The molecule has 0 atom stereocenters. The van der Waals surface area contributed by atoms with Crippen LogP contribution in [-0.2, 0) is 9.59 Å². The first-order valence-corrected chi connectivity index (χ1v) is 16.0. The van der Waals surface area contributed by atoms with Crippen molar-refractivity contribution in [3.05, 3.63) is 64.6 Å². The Morgan fingerprint density at radius 2 is 1.55 bits per heavy atom. The van der Waals surface area contributed by atoms with E-state index in [0.29, 0.717) is 23.9 Å². The maximum absolute atomic E-state index is 13.3. The highest BCUT2D eigenvalue weighted by molar-refractivity contribution is 8.12. The fourth-order valence-electron chi connectivity index (χ4n) is 5.56. The molecule has 2 aromatic carbocycles. The number of thioether (sulfide) groups is 1. The minimum Gasteiger partial charge on any atom is -0.481 e. The number of allylic oxidation sites excluding steroid dienone is 1. The van der Waals surface area contributed by atoms with Crippen LogP contribution in [0.2, 0.25) is 0 Å². The standard InChI is InChI=1S/C31H39NO3S.2C2H6/c1-20-15-16-27(26-14-10-9-13-25(20)26)28(21(2)17-23-11-7-6-8-12-23)36-22(3)29(33)32-18-24(19-32)31(4,5)30(34)35;2*1-2/h9-10,13-16,23-24H,3,6-8,11-12,17-19H2,1-2,4-5H3,(H,34,35);2*1-2H3/b28-21+;;. The number of benzene rings is 2. The van der Waals surface area contributed by atoms with E-state index in [-0.39, 0.29) is 11.8 Å². The van der Waals surface area contributed by atoms with Crippen molar-refractivity contribution >= 4 is 39.3 Å². The molecule has 0 bridgehead atoms. The second kappa shape index (κ2) is 15.5. The van der Waals surface area contributed by atoms with Crippen LogP contribution in [0.5, 0.6) is 0 Å². The number of carboxylic acids is 1. The zero-order valence-electron chi connectivity index (χ0n) is 26.1. The summed E-state index contributed by atoms with van der Waals surface area (Å²) < 4.78 is 0. The molecule has 2 aromatic rings. The van der Waals surface area contributed by atoms with E-state index in [1.165, 1.54) is 65.8 Å². The first-order valence-electron chi connectivity index (χ1n) is 15.2. The van der Waals surface area contributed by atoms with Gasteiger partial charge in [0.15, 0.2) is 0 Å². The highest BCUT2D eigenvalue weighted by atomic mass is 32.2. The molecule has 1 aliphatic carbocycles. The van der Waals surface area contributed by atoms with Crippen molar-refractivity contribution in [2.24, 2.45) is 17.3 Å². The average molecular weight is 566 g/mol. The molecule has 5 heteroatoms. The Bertz CT molecular complexity index is 1200. The van der Waals surface area contributed by atoms with E-state index >= 15 is 0 Å². The van der Waals surface area contributed by atoms with Gasteiger partial charge in [-0.3, -0.25) is 9.59 Å². The fraction of sp³-hybridized carbons (Fsp3) is 0.543. The number of hydrogen-bond donors (Lipinski definition) is 1. The van der Waals surface area contributed by atoms with Crippen LogP contribution in [0.4, 0.5) is 0 Å². The Balaban J connectivity index is 0.00000134. The number of aryl methyl sites for hydroxylation is 1. The summed E-state index contributed by atoms with van der Waals surface area (Å²) in [5.74, 6) is -0.246. The molecule has 2 fully saturated rings. The van der Waals surface area contributed by atoms with Crippen molar-refractivity contribution in [2.75, 3.05) is 13.1 Å². The number of likely N-dealkylation sites (tertiary alicyclic amines) is 1. The summed E-state index contributed by atoms with van der Waals surface area (Å²) in [6.45, 7) is 21.0. The molecule has 0 aromatic heterocycles. The molecular weight excluding hydrogens is 514 g/mol. The van der Waals surface area contributed by atoms with Gasteiger partial charge < -0.3 is 10.0 Å². The van der Waals surface area contributed by atoms with Crippen molar-refractivity contribution in [3.8, 4) is 0 Å². The third-order valence-corrected chi connectivity index (χ3v) is 9.49. The van der Waals surface area contributed by atoms with Crippen LogP contribution in [0.15, 0.2) is 53.5 Å². The normalized spacial score (nSPS) is 16.6. The lowest BCUT2D eigenvalue weighted by atomic mass is 9.74. The van der Waals surface area contributed by atoms with Gasteiger partial charge in [0.1, 0.15) is 0 Å². The quantitative estimate of drug-likeness (QED) is 0.324. The molecule has 0 spiro atoms. The molecule has 4 nitrogen and oxygen atoms in total.